The van der Waals surface area contributed by atoms with Gasteiger partial charge in [-0.15, -0.1) is 0 Å². The second kappa shape index (κ2) is 5.52. The van der Waals surface area contributed by atoms with Gasteiger partial charge in [0.2, 0.25) is 0 Å². The number of epoxide rings is 1. The molecule has 0 amide bonds. The molecule has 1 saturated heterocycles. The predicted octanol–water partition coefficient (Wildman–Crippen LogP) is 3.56. The Morgan fingerprint density at radius 2 is 1.90 bits per heavy atom. The van der Waals surface area contributed by atoms with Crippen LogP contribution in [0.25, 0.3) is 0 Å². The summed E-state index contributed by atoms with van der Waals surface area (Å²) in [5.41, 5.74) is -0.754. The second-order valence-corrected chi connectivity index (χ2v) is 5.09. The number of hydrogen-bond donors (Lipinski definition) is 0. The summed E-state index contributed by atoms with van der Waals surface area (Å²) < 4.78 is 24.2. The van der Waals surface area contributed by atoms with E-state index in [1.807, 2.05) is 13.8 Å². The fraction of sp³-hybridized carbons (Fsp3) is 0.562. The van der Waals surface area contributed by atoms with Crippen LogP contribution in [-0.4, -0.2) is 18.2 Å². The molecule has 1 aliphatic rings. The van der Waals surface area contributed by atoms with Gasteiger partial charge < -0.3 is 9.47 Å². The average molecular weight is 280 g/mol. The molecule has 0 bridgehead atoms. The monoisotopic (exact) mass is 280 g/mol. The zero-order valence-corrected chi connectivity index (χ0v) is 12.2. The molecule has 2 rings (SSSR count). The van der Waals surface area contributed by atoms with Crippen LogP contribution >= 0.6 is 0 Å². The van der Waals surface area contributed by atoms with E-state index in [1.54, 1.807) is 19.1 Å². The maximum atomic E-state index is 13.1. The van der Waals surface area contributed by atoms with Crippen molar-refractivity contribution in [3.05, 3.63) is 35.6 Å². The van der Waals surface area contributed by atoms with E-state index in [0.29, 0.717) is 19.4 Å². The van der Waals surface area contributed by atoms with E-state index < -0.39 is 11.2 Å². The van der Waals surface area contributed by atoms with E-state index in [1.165, 1.54) is 12.1 Å². The highest BCUT2D eigenvalue weighted by Gasteiger charge is 2.74. The standard InChI is InChI=1S/C16H21FO3/c1-4-11-16(14(18)19-6-3)15(5-2,20-16)12-7-9-13(17)10-8-12/h7-10H,4-6,11H2,1-3H3. The quantitative estimate of drug-likeness (QED) is 0.590. The van der Waals surface area contributed by atoms with Crippen LogP contribution in [0.15, 0.2) is 24.3 Å². The van der Waals surface area contributed by atoms with Gasteiger partial charge in [0.25, 0.3) is 0 Å². The lowest BCUT2D eigenvalue weighted by atomic mass is 9.81. The van der Waals surface area contributed by atoms with Crippen molar-refractivity contribution in [2.45, 2.75) is 51.2 Å². The SMILES string of the molecule is CCCC1(C(=O)OCC)OC1(CC)c1ccc(F)cc1. The topological polar surface area (TPSA) is 38.8 Å². The highest BCUT2D eigenvalue weighted by atomic mass is 19.1. The molecule has 1 aliphatic heterocycles. The summed E-state index contributed by atoms with van der Waals surface area (Å²) in [5, 5.41) is 0. The lowest BCUT2D eigenvalue weighted by molar-refractivity contribution is -0.149. The van der Waals surface area contributed by atoms with Crippen LogP contribution in [0.3, 0.4) is 0 Å². The van der Waals surface area contributed by atoms with Gasteiger partial charge in [0.15, 0.2) is 5.60 Å². The molecule has 0 spiro atoms. The fourth-order valence-electron chi connectivity index (χ4n) is 3.01. The van der Waals surface area contributed by atoms with Gasteiger partial charge in [-0.2, -0.15) is 0 Å². The normalized spacial score (nSPS) is 28.2. The van der Waals surface area contributed by atoms with E-state index >= 15 is 0 Å². The minimum absolute atomic E-state index is 0.294. The largest absolute Gasteiger partial charge is 0.464 e. The molecule has 0 saturated carbocycles. The molecule has 1 aromatic carbocycles. The van der Waals surface area contributed by atoms with Gasteiger partial charge in [0, 0.05) is 0 Å². The first kappa shape index (κ1) is 15.0. The van der Waals surface area contributed by atoms with E-state index in [9.17, 15) is 9.18 Å². The van der Waals surface area contributed by atoms with Crippen LogP contribution in [0.2, 0.25) is 0 Å². The Labute approximate surface area is 119 Å². The summed E-state index contributed by atoms with van der Waals surface area (Å²) in [6.45, 7) is 6.09. The van der Waals surface area contributed by atoms with Gasteiger partial charge in [0.1, 0.15) is 11.4 Å². The molecule has 1 aromatic rings. The summed E-state index contributed by atoms with van der Waals surface area (Å²) in [4.78, 5) is 12.3. The molecule has 110 valence electrons. The minimum Gasteiger partial charge on any atom is -0.464 e. The van der Waals surface area contributed by atoms with E-state index in [-0.39, 0.29) is 11.8 Å². The number of ether oxygens (including phenoxy) is 2. The zero-order chi connectivity index (χ0) is 14.8. The third-order valence-corrected chi connectivity index (χ3v) is 3.97. The van der Waals surface area contributed by atoms with Crippen LogP contribution in [0.1, 0.15) is 45.6 Å². The highest BCUT2D eigenvalue weighted by Crippen LogP contribution is 2.61. The van der Waals surface area contributed by atoms with Crippen LogP contribution in [0.5, 0.6) is 0 Å². The number of benzene rings is 1. The van der Waals surface area contributed by atoms with E-state index in [4.69, 9.17) is 9.47 Å². The van der Waals surface area contributed by atoms with Gasteiger partial charge in [-0.25, -0.2) is 9.18 Å². The maximum absolute atomic E-state index is 13.1. The molecule has 1 heterocycles. The zero-order valence-electron chi connectivity index (χ0n) is 12.2. The van der Waals surface area contributed by atoms with Crippen molar-refractivity contribution in [2.24, 2.45) is 0 Å². The van der Waals surface area contributed by atoms with Gasteiger partial charge >= 0.3 is 5.97 Å². The van der Waals surface area contributed by atoms with Crippen molar-refractivity contribution in [1.29, 1.82) is 0 Å². The summed E-state index contributed by atoms with van der Waals surface area (Å²) in [6.07, 6.45) is 2.08. The Balaban J connectivity index is 2.36. The smallest absolute Gasteiger partial charge is 0.341 e. The van der Waals surface area contributed by atoms with Gasteiger partial charge in [-0.3, -0.25) is 0 Å². The molecule has 0 N–H and O–H groups in total. The Bertz CT molecular complexity index is 485. The Morgan fingerprint density at radius 1 is 1.25 bits per heavy atom. The first-order valence-corrected chi connectivity index (χ1v) is 7.19. The first-order valence-electron chi connectivity index (χ1n) is 7.19. The molecule has 2 atom stereocenters. The second-order valence-electron chi connectivity index (χ2n) is 5.09. The summed E-state index contributed by atoms with van der Waals surface area (Å²) in [7, 11) is 0. The molecular formula is C16H21FO3. The van der Waals surface area contributed by atoms with Crippen LogP contribution in [-0.2, 0) is 19.9 Å². The fourth-order valence-corrected chi connectivity index (χ4v) is 3.01. The number of esters is 1. The van der Waals surface area contributed by atoms with Gasteiger partial charge in [-0.1, -0.05) is 32.4 Å². The molecule has 0 aliphatic carbocycles. The first-order chi connectivity index (χ1) is 9.56. The Morgan fingerprint density at radius 3 is 2.40 bits per heavy atom. The maximum Gasteiger partial charge on any atom is 0.341 e. The van der Waals surface area contributed by atoms with Crippen LogP contribution in [0.4, 0.5) is 4.39 Å². The predicted molar refractivity (Wildman–Crippen MR) is 73.7 cm³/mol. The number of rotatable bonds is 6. The number of halogens is 1. The molecular weight excluding hydrogens is 259 g/mol. The molecule has 1 fully saturated rings. The molecule has 0 aromatic heterocycles. The molecule has 0 radical (unpaired) electrons. The van der Waals surface area contributed by atoms with Crippen molar-refractivity contribution >= 4 is 5.97 Å². The van der Waals surface area contributed by atoms with Gasteiger partial charge in [0.05, 0.1) is 6.61 Å². The summed E-state index contributed by atoms with van der Waals surface area (Å²) >= 11 is 0. The van der Waals surface area contributed by atoms with E-state index in [2.05, 4.69) is 0 Å². The van der Waals surface area contributed by atoms with Crippen molar-refractivity contribution in [3.63, 3.8) is 0 Å². The number of carbonyl (C=O) groups is 1. The molecule has 20 heavy (non-hydrogen) atoms. The third kappa shape index (κ3) is 2.12. The number of carbonyl (C=O) groups excluding carboxylic acids is 1. The van der Waals surface area contributed by atoms with Gasteiger partial charge in [-0.05, 0) is 37.5 Å². The summed E-state index contributed by atoms with van der Waals surface area (Å²) in [5.74, 6) is -0.606. The molecule has 4 heteroatoms. The van der Waals surface area contributed by atoms with Crippen LogP contribution in [0, 0.1) is 5.82 Å². The van der Waals surface area contributed by atoms with Crippen molar-refractivity contribution in [3.8, 4) is 0 Å². The Kier molecular flexibility index (Phi) is 4.14. The molecule has 3 nitrogen and oxygen atoms in total. The average Bonchev–Trinajstić information content (AvgIpc) is 3.11. The minimum atomic E-state index is -0.912. The van der Waals surface area contributed by atoms with Crippen molar-refractivity contribution in [1.82, 2.24) is 0 Å². The molecule has 2 unspecified atom stereocenters. The lowest BCUT2D eigenvalue weighted by Crippen LogP contribution is -2.34. The lowest BCUT2D eigenvalue weighted by Gasteiger charge is -2.18. The van der Waals surface area contributed by atoms with E-state index in [0.717, 1.165) is 12.0 Å². The highest BCUT2D eigenvalue weighted by molar-refractivity contribution is 5.85. The summed E-state index contributed by atoms with van der Waals surface area (Å²) in [6, 6.07) is 6.18. The van der Waals surface area contributed by atoms with Crippen molar-refractivity contribution < 1.29 is 18.7 Å². The number of hydrogen-bond acceptors (Lipinski definition) is 3. The van der Waals surface area contributed by atoms with Crippen molar-refractivity contribution in [2.75, 3.05) is 6.61 Å². The Hall–Kier alpha value is -1.42. The third-order valence-electron chi connectivity index (χ3n) is 3.97. The van der Waals surface area contributed by atoms with Crippen LogP contribution < -0.4 is 0 Å².